The average molecular weight is 326 g/mol. The smallest absolute Gasteiger partial charge is 0.325 e. The van der Waals surface area contributed by atoms with E-state index >= 15 is 0 Å². The van der Waals surface area contributed by atoms with Gasteiger partial charge in [-0.25, -0.2) is 4.79 Å². The fourth-order valence-corrected chi connectivity index (χ4v) is 3.03. The van der Waals surface area contributed by atoms with Crippen molar-refractivity contribution in [1.82, 2.24) is 20.0 Å². The second-order valence-corrected chi connectivity index (χ2v) is 6.62. The Balaban J connectivity index is 1.84. The third-order valence-electron chi connectivity index (χ3n) is 4.18. The van der Waals surface area contributed by atoms with E-state index in [2.05, 4.69) is 10.4 Å². The summed E-state index contributed by atoms with van der Waals surface area (Å²) in [6.45, 7) is 4.35. The molecule has 0 bridgehead atoms. The first-order valence-electron chi connectivity index (χ1n) is 8.14. The van der Waals surface area contributed by atoms with Crippen molar-refractivity contribution in [3.63, 3.8) is 0 Å². The zero-order chi connectivity index (χ0) is 17.3. The number of aryl methyl sites for hydroxylation is 1. The van der Waals surface area contributed by atoms with E-state index in [1.807, 2.05) is 51.4 Å². The molecule has 3 rings (SSSR count). The van der Waals surface area contributed by atoms with Crippen LogP contribution in [0.3, 0.4) is 0 Å². The van der Waals surface area contributed by atoms with E-state index in [9.17, 15) is 9.59 Å². The number of urea groups is 1. The fraction of sp³-hybridized carbons (Fsp3) is 0.389. The van der Waals surface area contributed by atoms with Crippen LogP contribution in [0.25, 0.3) is 11.1 Å². The maximum Gasteiger partial charge on any atom is 0.325 e. The normalized spacial score (nSPS) is 17.7. The second-order valence-electron chi connectivity index (χ2n) is 6.62. The number of amides is 3. The van der Waals surface area contributed by atoms with Crippen molar-refractivity contribution < 1.29 is 9.59 Å². The summed E-state index contributed by atoms with van der Waals surface area (Å²) in [4.78, 5) is 26.1. The molecule has 1 aromatic heterocycles. The molecule has 0 saturated carbocycles. The summed E-state index contributed by atoms with van der Waals surface area (Å²) < 4.78 is 1.73. The van der Waals surface area contributed by atoms with Gasteiger partial charge >= 0.3 is 6.03 Å². The second kappa shape index (κ2) is 6.47. The van der Waals surface area contributed by atoms with Gasteiger partial charge in [0.25, 0.3) is 5.91 Å². The van der Waals surface area contributed by atoms with E-state index in [0.29, 0.717) is 12.3 Å². The van der Waals surface area contributed by atoms with Crippen LogP contribution in [0.2, 0.25) is 0 Å². The topological polar surface area (TPSA) is 67.2 Å². The van der Waals surface area contributed by atoms with Gasteiger partial charge < -0.3 is 5.32 Å². The van der Waals surface area contributed by atoms with E-state index in [-0.39, 0.29) is 18.5 Å². The molecule has 2 heterocycles. The van der Waals surface area contributed by atoms with E-state index in [1.165, 1.54) is 4.90 Å². The summed E-state index contributed by atoms with van der Waals surface area (Å²) in [6, 6.07) is 7.06. The van der Waals surface area contributed by atoms with Gasteiger partial charge in [-0.05, 0) is 23.5 Å². The SMILES string of the molecule is CC(C)C[C@@H]1NC(=O)N(Cc2ccccc2-c2cnn(C)c2)C1=O. The predicted octanol–water partition coefficient (Wildman–Crippen LogP) is 2.55. The van der Waals surface area contributed by atoms with Gasteiger partial charge in [0.05, 0.1) is 12.7 Å². The minimum Gasteiger partial charge on any atom is -0.326 e. The van der Waals surface area contributed by atoms with Crippen LogP contribution in [0.1, 0.15) is 25.8 Å². The molecule has 24 heavy (non-hydrogen) atoms. The average Bonchev–Trinajstić information content (AvgIpc) is 3.06. The van der Waals surface area contributed by atoms with E-state index in [1.54, 1.807) is 10.9 Å². The van der Waals surface area contributed by atoms with Crippen LogP contribution in [0.4, 0.5) is 4.79 Å². The lowest BCUT2D eigenvalue weighted by Gasteiger charge is -2.16. The zero-order valence-corrected chi connectivity index (χ0v) is 14.2. The number of carbonyl (C=O) groups excluding carboxylic acids is 2. The van der Waals surface area contributed by atoms with Crippen molar-refractivity contribution in [3.8, 4) is 11.1 Å². The van der Waals surface area contributed by atoms with Crippen molar-refractivity contribution in [2.24, 2.45) is 13.0 Å². The first-order chi connectivity index (χ1) is 11.5. The minimum absolute atomic E-state index is 0.144. The lowest BCUT2D eigenvalue weighted by molar-refractivity contribution is -0.128. The van der Waals surface area contributed by atoms with Crippen LogP contribution in [-0.4, -0.2) is 32.7 Å². The summed E-state index contributed by atoms with van der Waals surface area (Å²) >= 11 is 0. The minimum atomic E-state index is -0.414. The number of hydrogen-bond acceptors (Lipinski definition) is 3. The van der Waals surface area contributed by atoms with Crippen molar-refractivity contribution in [2.75, 3.05) is 0 Å². The molecule has 1 N–H and O–H groups in total. The highest BCUT2D eigenvalue weighted by Gasteiger charge is 2.38. The molecule has 6 heteroatoms. The van der Waals surface area contributed by atoms with Crippen molar-refractivity contribution in [3.05, 3.63) is 42.2 Å². The Labute approximate surface area is 141 Å². The number of hydrogen-bond donors (Lipinski definition) is 1. The Bertz CT molecular complexity index is 766. The molecule has 1 fully saturated rings. The fourth-order valence-electron chi connectivity index (χ4n) is 3.03. The highest BCUT2D eigenvalue weighted by Crippen LogP contribution is 2.26. The van der Waals surface area contributed by atoms with Gasteiger partial charge in [0.15, 0.2) is 0 Å². The lowest BCUT2D eigenvalue weighted by atomic mass is 10.0. The molecule has 0 radical (unpaired) electrons. The summed E-state index contributed by atoms with van der Waals surface area (Å²) in [6.07, 6.45) is 4.36. The van der Waals surface area contributed by atoms with Gasteiger partial charge in [-0.2, -0.15) is 5.10 Å². The third-order valence-corrected chi connectivity index (χ3v) is 4.18. The predicted molar refractivity (Wildman–Crippen MR) is 91.0 cm³/mol. The first kappa shape index (κ1) is 16.2. The van der Waals surface area contributed by atoms with Crippen LogP contribution in [-0.2, 0) is 18.4 Å². The Morgan fingerprint density at radius 1 is 1.25 bits per heavy atom. The maximum absolute atomic E-state index is 12.5. The van der Waals surface area contributed by atoms with Crippen LogP contribution in [0.15, 0.2) is 36.7 Å². The highest BCUT2D eigenvalue weighted by atomic mass is 16.2. The Kier molecular flexibility index (Phi) is 4.38. The molecule has 1 saturated heterocycles. The van der Waals surface area contributed by atoms with E-state index in [4.69, 9.17) is 0 Å². The molecule has 0 unspecified atom stereocenters. The summed E-state index contributed by atoms with van der Waals surface area (Å²) in [7, 11) is 1.86. The van der Waals surface area contributed by atoms with E-state index in [0.717, 1.165) is 16.7 Å². The molecule has 0 spiro atoms. The molecular formula is C18H22N4O2. The number of benzene rings is 1. The molecule has 126 valence electrons. The van der Waals surface area contributed by atoms with Gasteiger partial charge in [0, 0.05) is 18.8 Å². The van der Waals surface area contributed by atoms with Crippen LogP contribution in [0, 0.1) is 5.92 Å². The monoisotopic (exact) mass is 326 g/mol. The number of nitrogens with zero attached hydrogens (tertiary/aromatic N) is 3. The summed E-state index contributed by atoms with van der Waals surface area (Å²) in [5.74, 6) is 0.205. The number of aromatic nitrogens is 2. The molecule has 1 aliphatic heterocycles. The molecule has 1 aliphatic rings. The third kappa shape index (κ3) is 3.18. The standard InChI is InChI=1S/C18H22N4O2/c1-12(2)8-16-17(23)22(18(24)20-16)11-13-6-4-5-7-15(13)14-9-19-21(3)10-14/h4-7,9-10,12,16H,8,11H2,1-3H3,(H,20,24)/t16-/m0/s1. The lowest BCUT2D eigenvalue weighted by Crippen LogP contribution is -2.31. The zero-order valence-electron chi connectivity index (χ0n) is 14.2. The van der Waals surface area contributed by atoms with Gasteiger partial charge in [-0.1, -0.05) is 38.1 Å². The molecule has 1 atom stereocenters. The van der Waals surface area contributed by atoms with Gasteiger partial charge in [-0.3, -0.25) is 14.4 Å². The summed E-state index contributed by atoms with van der Waals surface area (Å²) in [5, 5.41) is 6.99. The number of imide groups is 1. The molecule has 2 aromatic rings. The number of carbonyl (C=O) groups is 2. The largest absolute Gasteiger partial charge is 0.326 e. The first-order valence-corrected chi connectivity index (χ1v) is 8.14. The number of nitrogens with one attached hydrogen (secondary N) is 1. The van der Waals surface area contributed by atoms with Crippen LogP contribution >= 0.6 is 0 Å². The van der Waals surface area contributed by atoms with Crippen LogP contribution < -0.4 is 5.32 Å². The molecule has 3 amide bonds. The molecule has 1 aromatic carbocycles. The van der Waals surface area contributed by atoms with Gasteiger partial charge in [-0.15, -0.1) is 0 Å². The Morgan fingerprint density at radius 3 is 2.67 bits per heavy atom. The quantitative estimate of drug-likeness (QED) is 0.859. The Hall–Kier alpha value is -2.63. The van der Waals surface area contributed by atoms with Crippen molar-refractivity contribution in [1.29, 1.82) is 0 Å². The maximum atomic E-state index is 12.5. The van der Waals surface area contributed by atoms with E-state index < -0.39 is 6.04 Å². The molecular weight excluding hydrogens is 304 g/mol. The highest BCUT2D eigenvalue weighted by molar-refractivity contribution is 6.04. The van der Waals surface area contributed by atoms with Gasteiger partial charge in [0.1, 0.15) is 6.04 Å². The Morgan fingerprint density at radius 2 is 2.00 bits per heavy atom. The van der Waals surface area contributed by atoms with Crippen LogP contribution in [0.5, 0.6) is 0 Å². The van der Waals surface area contributed by atoms with Crippen molar-refractivity contribution >= 4 is 11.9 Å². The van der Waals surface area contributed by atoms with Gasteiger partial charge in [0.2, 0.25) is 0 Å². The summed E-state index contributed by atoms with van der Waals surface area (Å²) in [5.41, 5.74) is 2.89. The molecule has 6 nitrogen and oxygen atoms in total. The van der Waals surface area contributed by atoms with Crippen molar-refractivity contribution in [2.45, 2.75) is 32.9 Å². The molecule has 0 aliphatic carbocycles. The number of rotatable bonds is 5.